The van der Waals surface area contributed by atoms with E-state index in [1.54, 1.807) is 18.4 Å². The average molecular weight is 371 g/mol. The van der Waals surface area contributed by atoms with E-state index in [9.17, 15) is 4.79 Å². The van der Waals surface area contributed by atoms with Gasteiger partial charge in [0.2, 0.25) is 0 Å². The van der Waals surface area contributed by atoms with E-state index in [1.807, 2.05) is 50.6 Å². The zero-order chi connectivity index (χ0) is 18.7. The third-order valence-electron chi connectivity index (χ3n) is 4.04. The number of thioether (sulfide) groups is 1. The molecule has 6 nitrogen and oxygen atoms in total. The first-order valence-corrected chi connectivity index (χ1v) is 9.26. The summed E-state index contributed by atoms with van der Waals surface area (Å²) < 4.78 is 12.6. The SMILES string of the molecule is CCOc1ccc(C(=O)C(C)Sc2nnc(-c3ccoc3C)n2C)cc1. The van der Waals surface area contributed by atoms with Crippen molar-refractivity contribution in [3.63, 3.8) is 0 Å². The monoisotopic (exact) mass is 371 g/mol. The number of hydrogen-bond donors (Lipinski definition) is 0. The predicted molar refractivity (Wildman–Crippen MR) is 101 cm³/mol. The van der Waals surface area contributed by atoms with Crippen molar-refractivity contribution < 1.29 is 13.9 Å². The van der Waals surface area contributed by atoms with Crippen LogP contribution in [-0.2, 0) is 7.05 Å². The molecule has 0 radical (unpaired) electrons. The zero-order valence-corrected chi connectivity index (χ0v) is 16.0. The van der Waals surface area contributed by atoms with Crippen LogP contribution in [0.4, 0.5) is 0 Å². The molecule has 0 saturated carbocycles. The largest absolute Gasteiger partial charge is 0.494 e. The lowest BCUT2D eigenvalue weighted by atomic mass is 10.1. The fourth-order valence-corrected chi connectivity index (χ4v) is 3.49. The van der Waals surface area contributed by atoms with Crippen LogP contribution in [0.5, 0.6) is 5.75 Å². The molecule has 0 aliphatic rings. The van der Waals surface area contributed by atoms with Crippen LogP contribution in [0.15, 0.2) is 46.2 Å². The summed E-state index contributed by atoms with van der Waals surface area (Å²) in [6, 6.07) is 9.08. The molecule has 3 aromatic rings. The molecule has 1 unspecified atom stereocenters. The molecular formula is C19H21N3O3S. The Labute approximate surface area is 156 Å². The minimum Gasteiger partial charge on any atom is -0.494 e. The normalized spacial score (nSPS) is 12.2. The molecule has 0 spiro atoms. The first kappa shape index (κ1) is 18.3. The Bertz CT molecular complexity index is 899. The summed E-state index contributed by atoms with van der Waals surface area (Å²) in [5, 5.41) is 8.87. The average Bonchev–Trinajstić information content (AvgIpc) is 3.21. The number of carbonyl (C=O) groups excluding carboxylic acids is 1. The van der Waals surface area contributed by atoms with E-state index in [2.05, 4.69) is 10.2 Å². The van der Waals surface area contributed by atoms with Gasteiger partial charge in [-0.3, -0.25) is 4.79 Å². The molecule has 0 amide bonds. The van der Waals surface area contributed by atoms with Crippen molar-refractivity contribution in [3.8, 4) is 17.1 Å². The van der Waals surface area contributed by atoms with Crippen LogP contribution in [-0.4, -0.2) is 32.4 Å². The third kappa shape index (κ3) is 3.67. The molecule has 1 aromatic carbocycles. The molecule has 26 heavy (non-hydrogen) atoms. The van der Waals surface area contributed by atoms with E-state index < -0.39 is 0 Å². The highest BCUT2D eigenvalue weighted by Crippen LogP contribution is 2.29. The Hall–Kier alpha value is -2.54. The fraction of sp³-hybridized carbons (Fsp3) is 0.316. The minimum absolute atomic E-state index is 0.0436. The number of rotatable bonds is 7. The molecule has 0 aliphatic heterocycles. The number of nitrogens with zero attached hydrogens (tertiary/aromatic N) is 3. The van der Waals surface area contributed by atoms with Crippen molar-refractivity contribution in [2.75, 3.05) is 6.61 Å². The highest BCUT2D eigenvalue weighted by atomic mass is 32.2. The van der Waals surface area contributed by atoms with Crippen molar-refractivity contribution in [1.82, 2.24) is 14.8 Å². The number of Topliss-reactive ketones (excluding diaryl/α,β-unsaturated/α-hetero) is 1. The van der Waals surface area contributed by atoms with E-state index >= 15 is 0 Å². The van der Waals surface area contributed by atoms with Crippen LogP contribution in [0.1, 0.15) is 30.0 Å². The smallest absolute Gasteiger partial charge is 0.191 e. The van der Waals surface area contributed by atoms with Gasteiger partial charge in [-0.2, -0.15) is 0 Å². The van der Waals surface area contributed by atoms with Crippen LogP contribution >= 0.6 is 11.8 Å². The van der Waals surface area contributed by atoms with E-state index in [0.29, 0.717) is 17.3 Å². The van der Waals surface area contributed by atoms with Gasteiger partial charge in [0.15, 0.2) is 16.8 Å². The minimum atomic E-state index is -0.283. The standard InChI is InChI=1S/C19H21N3O3S/c1-5-24-15-8-6-14(7-9-15)17(23)13(3)26-19-21-20-18(22(19)4)16-10-11-25-12(16)2/h6-11,13H,5H2,1-4H3. The Kier molecular flexibility index (Phi) is 5.46. The number of carbonyl (C=O) groups is 1. The summed E-state index contributed by atoms with van der Waals surface area (Å²) in [5.74, 6) is 2.31. The lowest BCUT2D eigenvalue weighted by Crippen LogP contribution is -2.14. The highest BCUT2D eigenvalue weighted by Gasteiger charge is 2.21. The van der Waals surface area contributed by atoms with Crippen molar-refractivity contribution in [1.29, 1.82) is 0 Å². The molecular weight excluding hydrogens is 350 g/mol. The summed E-state index contributed by atoms with van der Waals surface area (Å²) in [6.45, 7) is 6.29. The van der Waals surface area contributed by atoms with E-state index in [4.69, 9.17) is 9.15 Å². The topological polar surface area (TPSA) is 70.2 Å². The number of ether oxygens (including phenoxy) is 1. The Balaban J connectivity index is 1.73. The van der Waals surface area contributed by atoms with Gasteiger partial charge in [-0.25, -0.2) is 0 Å². The number of aryl methyl sites for hydroxylation is 1. The second kappa shape index (κ2) is 7.78. The molecule has 0 fully saturated rings. The van der Waals surface area contributed by atoms with Gasteiger partial charge in [0.25, 0.3) is 0 Å². The van der Waals surface area contributed by atoms with Gasteiger partial charge in [0, 0.05) is 12.6 Å². The van der Waals surface area contributed by atoms with E-state index in [1.165, 1.54) is 11.8 Å². The molecule has 0 saturated heterocycles. The van der Waals surface area contributed by atoms with Crippen LogP contribution in [0.25, 0.3) is 11.4 Å². The Morgan fingerprint density at radius 3 is 2.62 bits per heavy atom. The lowest BCUT2D eigenvalue weighted by molar-refractivity contribution is 0.0994. The molecule has 0 bridgehead atoms. The maximum atomic E-state index is 12.7. The van der Waals surface area contributed by atoms with Crippen molar-refractivity contribution in [2.24, 2.45) is 7.05 Å². The molecule has 2 aromatic heterocycles. The number of ketones is 1. The molecule has 0 N–H and O–H groups in total. The first-order valence-electron chi connectivity index (χ1n) is 8.38. The van der Waals surface area contributed by atoms with Crippen LogP contribution in [0.2, 0.25) is 0 Å². The summed E-state index contributed by atoms with van der Waals surface area (Å²) in [4.78, 5) is 12.7. The maximum absolute atomic E-state index is 12.7. The van der Waals surface area contributed by atoms with Gasteiger partial charge in [-0.15, -0.1) is 10.2 Å². The van der Waals surface area contributed by atoms with Gasteiger partial charge in [-0.05, 0) is 51.1 Å². The van der Waals surface area contributed by atoms with E-state index in [-0.39, 0.29) is 11.0 Å². The maximum Gasteiger partial charge on any atom is 0.191 e. The molecule has 1 atom stereocenters. The Morgan fingerprint density at radius 2 is 2.00 bits per heavy atom. The fourth-order valence-electron chi connectivity index (χ4n) is 2.60. The Morgan fingerprint density at radius 1 is 1.27 bits per heavy atom. The molecule has 136 valence electrons. The zero-order valence-electron chi connectivity index (χ0n) is 15.2. The van der Waals surface area contributed by atoms with Gasteiger partial charge >= 0.3 is 0 Å². The predicted octanol–water partition coefficient (Wildman–Crippen LogP) is 4.15. The first-order chi connectivity index (χ1) is 12.5. The highest BCUT2D eigenvalue weighted by molar-refractivity contribution is 8.00. The summed E-state index contributed by atoms with van der Waals surface area (Å²) >= 11 is 1.39. The second-order valence-electron chi connectivity index (χ2n) is 5.84. The molecule has 2 heterocycles. The molecule has 0 aliphatic carbocycles. The van der Waals surface area contributed by atoms with Gasteiger partial charge in [0.05, 0.1) is 23.7 Å². The summed E-state index contributed by atoms with van der Waals surface area (Å²) in [5.41, 5.74) is 1.55. The van der Waals surface area contributed by atoms with Gasteiger partial charge in [0.1, 0.15) is 11.5 Å². The van der Waals surface area contributed by atoms with Gasteiger partial charge in [-0.1, -0.05) is 11.8 Å². The van der Waals surface area contributed by atoms with Crippen molar-refractivity contribution >= 4 is 17.5 Å². The van der Waals surface area contributed by atoms with Crippen LogP contribution in [0, 0.1) is 6.92 Å². The molecule has 3 rings (SSSR count). The second-order valence-corrected chi connectivity index (χ2v) is 7.15. The van der Waals surface area contributed by atoms with Crippen molar-refractivity contribution in [2.45, 2.75) is 31.2 Å². The number of aromatic nitrogens is 3. The molecule has 7 heteroatoms. The number of hydrogen-bond acceptors (Lipinski definition) is 6. The van der Waals surface area contributed by atoms with Crippen LogP contribution in [0.3, 0.4) is 0 Å². The lowest BCUT2D eigenvalue weighted by Gasteiger charge is -2.10. The quantitative estimate of drug-likeness (QED) is 0.459. The van der Waals surface area contributed by atoms with Crippen LogP contribution < -0.4 is 4.74 Å². The van der Waals surface area contributed by atoms with Crippen molar-refractivity contribution in [3.05, 3.63) is 47.9 Å². The number of benzene rings is 1. The van der Waals surface area contributed by atoms with Gasteiger partial charge < -0.3 is 13.7 Å². The van der Waals surface area contributed by atoms with E-state index in [0.717, 1.165) is 22.9 Å². The third-order valence-corrected chi connectivity index (χ3v) is 5.17. The number of furan rings is 1. The summed E-state index contributed by atoms with van der Waals surface area (Å²) in [6.07, 6.45) is 1.63. The summed E-state index contributed by atoms with van der Waals surface area (Å²) in [7, 11) is 1.89.